The molecule has 0 spiro atoms. The zero-order valence-electron chi connectivity index (χ0n) is 17.9. The first kappa shape index (κ1) is 20.8. The number of esters is 1. The van der Waals surface area contributed by atoms with Crippen LogP contribution in [0.2, 0.25) is 0 Å². The van der Waals surface area contributed by atoms with Crippen molar-refractivity contribution in [3.05, 3.63) is 82.1 Å². The Kier molecular flexibility index (Phi) is 6.21. The predicted molar refractivity (Wildman–Crippen MR) is 114 cm³/mol. The zero-order valence-corrected chi connectivity index (χ0v) is 17.9. The Morgan fingerprint density at radius 3 is 2.34 bits per heavy atom. The van der Waals surface area contributed by atoms with Crippen LogP contribution < -0.4 is 0 Å². The van der Waals surface area contributed by atoms with Crippen LogP contribution in [-0.2, 0) is 20.9 Å². The van der Waals surface area contributed by atoms with Crippen molar-refractivity contribution in [3.8, 4) is 0 Å². The van der Waals surface area contributed by atoms with Crippen molar-refractivity contribution in [2.24, 2.45) is 0 Å². The lowest BCUT2D eigenvalue weighted by molar-refractivity contribution is -0.143. The normalized spacial score (nSPS) is 17.1. The number of rotatable bonds is 5. The topological polar surface area (TPSA) is 46.6 Å². The van der Waals surface area contributed by atoms with Gasteiger partial charge < -0.3 is 9.64 Å². The summed E-state index contributed by atoms with van der Waals surface area (Å²) in [6, 6.07) is 16.0. The van der Waals surface area contributed by atoms with E-state index in [1.807, 2.05) is 83.1 Å². The van der Waals surface area contributed by atoms with Crippen molar-refractivity contribution in [3.63, 3.8) is 0 Å². The van der Waals surface area contributed by atoms with E-state index in [4.69, 9.17) is 4.74 Å². The quantitative estimate of drug-likeness (QED) is 0.671. The molecule has 0 unspecified atom stereocenters. The van der Waals surface area contributed by atoms with Crippen molar-refractivity contribution < 1.29 is 14.3 Å². The number of allylic oxidation sites excluding steroid dienone is 1. The maximum Gasteiger partial charge on any atom is 0.336 e. The van der Waals surface area contributed by atoms with Crippen LogP contribution in [0.25, 0.3) is 0 Å². The van der Waals surface area contributed by atoms with Gasteiger partial charge in [0, 0.05) is 18.0 Å². The number of hydrogen-bond acceptors (Lipinski definition) is 3. The van der Waals surface area contributed by atoms with Crippen LogP contribution in [0.1, 0.15) is 55.4 Å². The molecule has 0 aliphatic carbocycles. The fourth-order valence-electron chi connectivity index (χ4n) is 3.87. The third-order valence-electron chi connectivity index (χ3n) is 5.41. The molecule has 0 saturated heterocycles. The second-order valence-electron chi connectivity index (χ2n) is 8.03. The molecule has 0 N–H and O–H groups in total. The summed E-state index contributed by atoms with van der Waals surface area (Å²) in [6.07, 6.45) is 0.0415. The Labute approximate surface area is 173 Å². The van der Waals surface area contributed by atoms with Gasteiger partial charge in [0.15, 0.2) is 0 Å². The standard InChI is InChI=1S/C25H29NO3/c1-16(2)29-25(28)24-19(5)26(15-20-12-10-17(3)11-13-20)23(27)14-22(24)21-9-7-6-8-18(21)4/h6-13,16,22H,14-15H2,1-5H3/t22-/m0/s1. The van der Waals surface area contributed by atoms with E-state index in [0.717, 1.165) is 16.7 Å². The number of benzene rings is 2. The first-order valence-electron chi connectivity index (χ1n) is 10.1. The second kappa shape index (κ2) is 8.64. The molecule has 4 nitrogen and oxygen atoms in total. The number of hydrogen-bond donors (Lipinski definition) is 0. The molecule has 0 aromatic heterocycles. The van der Waals surface area contributed by atoms with Gasteiger partial charge in [-0.1, -0.05) is 54.1 Å². The zero-order chi connectivity index (χ0) is 21.1. The Bertz CT molecular complexity index is 941. The minimum Gasteiger partial charge on any atom is -0.460 e. The minimum absolute atomic E-state index is 0.0254. The molecule has 1 amide bonds. The average Bonchev–Trinajstić information content (AvgIpc) is 2.66. The summed E-state index contributed by atoms with van der Waals surface area (Å²) in [7, 11) is 0. The number of carbonyl (C=O) groups excluding carboxylic acids is 2. The van der Waals surface area contributed by atoms with Gasteiger partial charge in [0.05, 0.1) is 18.2 Å². The summed E-state index contributed by atoms with van der Waals surface area (Å²) in [5.74, 6) is -0.603. The van der Waals surface area contributed by atoms with Gasteiger partial charge in [0.1, 0.15) is 0 Å². The maximum atomic E-state index is 13.1. The molecule has 0 saturated carbocycles. The molecule has 4 heteroatoms. The number of ether oxygens (including phenoxy) is 1. The van der Waals surface area contributed by atoms with Crippen molar-refractivity contribution in [2.75, 3.05) is 0 Å². The van der Waals surface area contributed by atoms with E-state index >= 15 is 0 Å². The predicted octanol–water partition coefficient (Wildman–Crippen LogP) is 5.05. The van der Waals surface area contributed by atoms with Gasteiger partial charge in [-0.25, -0.2) is 4.79 Å². The van der Waals surface area contributed by atoms with Gasteiger partial charge in [-0.2, -0.15) is 0 Å². The second-order valence-corrected chi connectivity index (χ2v) is 8.03. The third kappa shape index (κ3) is 4.58. The first-order valence-corrected chi connectivity index (χ1v) is 10.1. The molecule has 1 heterocycles. The maximum absolute atomic E-state index is 13.1. The highest BCUT2D eigenvalue weighted by molar-refractivity contribution is 5.96. The van der Waals surface area contributed by atoms with Crippen LogP contribution in [-0.4, -0.2) is 22.9 Å². The molecule has 152 valence electrons. The Morgan fingerprint density at radius 1 is 1.07 bits per heavy atom. The molecular formula is C25H29NO3. The van der Waals surface area contributed by atoms with E-state index in [1.54, 1.807) is 4.90 Å². The summed E-state index contributed by atoms with van der Waals surface area (Å²) < 4.78 is 5.57. The fourth-order valence-corrected chi connectivity index (χ4v) is 3.87. The molecule has 1 aliphatic rings. The molecule has 1 aliphatic heterocycles. The molecule has 1 atom stereocenters. The van der Waals surface area contributed by atoms with Crippen LogP contribution in [0.5, 0.6) is 0 Å². The SMILES string of the molecule is CC1=C(C(=O)OC(C)C)[C@H](c2ccccc2C)CC(=O)N1Cc1ccc(C)cc1. The molecule has 2 aromatic rings. The van der Waals surface area contributed by atoms with Crippen LogP contribution in [0.3, 0.4) is 0 Å². The molecule has 2 aromatic carbocycles. The van der Waals surface area contributed by atoms with Crippen molar-refractivity contribution in [1.82, 2.24) is 4.90 Å². The molecule has 0 radical (unpaired) electrons. The number of carbonyl (C=O) groups is 2. The van der Waals surface area contributed by atoms with E-state index < -0.39 is 0 Å². The van der Waals surface area contributed by atoms with Crippen molar-refractivity contribution in [2.45, 2.75) is 59.6 Å². The third-order valence-corrected chi connectivity index (χ3v) is 5.41. The first-order chi connectivity index (χ1) is 13.8. The Hall–Kier alpha value is -2.88. The summed E-state index contributed by atoms with van der Waals surface area (Å²) in [5, 5.41) is 0. The number of nitrogens with zero attached hydrogens (tertiary/aromatic N) is 1. The van der Waals surface area contributed by atoms with Gasteiger partial charge in [0.25, 0.3) is 0 Å². The number of amides is 1. The molecular weight excluding hydrogens is 362 g/mol. The molecule has 0 fully saturated rings. The van der Waals surface area contributed by atoms with E-state index in [9.17, 15) is 9.59 Å². The summed E-state index contributed by atoms with van der Waals surface area (Å²) in [5.41, 5.74) is 5.55. The highest BCUT2D eigenvalue weighted by Crippen LogP contribution is 2.39. The van der Waals surface area contributed by atoms with Crippen molar-refractivity contribution in [1.29, 1.82) is 0 Å². The van der Waals surface area contributed by atoms with E-state index in [1.165, 1.54) is 5.56 Å². The van der Waals surface area contributed by atoms with Gasteiger partial charge in [-0.3, -0.25) is 4.79 Å². The Morgan fingerprint density at radius 2 is 1.72 bits per heavy atom. The fraction of sp³-hybridized carbons (Fsp3) is 0.360. The highest BCUT2D eigenvalue weighted by Gasteiger charge is 2.37. The van der Waals surface area contributed by atoms with E-state index in [-0.39, 0.29) is 30.3 Å². The average molecular weight is 392 g/mol. The van der Waals surface area contributed by atoms with Crippen molar-refractivity contribution >= 4 is 11.9 Å². The smallest absolute Gasteiger partial charge is 0.336 e. The lowest BCUT2D eigenvalue weighted by Crippen LogP contribution is -2.38. The monoisotopic (exact) mass is 391 g/mol. The van der Waals surface area contributed by atoms with E-state index in [2.05, 4.69) is 0 Å². The summed E-state index contributed by atoms with van der Waals surface area (Å²) >= 11 is 0. The summed E-state index contributed by atoms with van der Waals surface area (Å²) in [6.45, 7) is 10.0. The molecule has 3 rings (SSSR count). The van der Waals surface area contributed by atoms with Crippen LogP contribution in [0.4, 0.5) is 0 Å². The van der Waals surface area contributed by atoms with Crippen LogP contribution in [0.15, 0.2) is 59.8 Å². The van der Waals surface area contributed by atoms with Gasteiger partial charge in [-0.05, 0) is 51.3 Å². The van der Waals surface area contributed by atoms with Crippen LogP contribution in [0, 0.1) is 13.8 Å². The van der Waals surface area contributed by atoms with Gasteiger partial charge >= 0.3 is 5.97 Å². The molecule has 29 heavy (non-hydrogen) atoms. The largest absolute Gasteiger partial charge is 0.460 e. The number of aryl methyl sites for hydroxylation is 2. The minimum atomic E-state index is -0.341. The van der Waals surface area contributed by atoms with Crippen LogP contribution >= 0.6 is 0 Å². The molecule has 0 bridgehead atoms. The van der Waals surface area contributed by atoms with E-state index in [0.29, 0.717) is 17.8 Å². The lowest BCUT2D eigenvalue weighted by atomic mass is 9.81. The Balaban J connectivity index is 2.04. The lowest BCUT2D eigenvalue weighted by Gasteiger charge is -2.35. The summed E-state index contributed by atoms with van der Waals surface area (Å²) in [4.78, 5) is 27.9. The van der Waals surface area contributed by atoms with Gasteiger partial charge in [-0.15, -0.1) is 0 Å². The highest BCUT2D eigenvalue weighted by atomic mass is 16.5. The van der Waals surface area contributed by atoms with Gasteiger partial charge in [0.2, 0.25) is 5.91 Å².